The van der Waals surface area contributed by atoms with Gasteiger partial charge in [0.15, 0.2) is 0 Å². The van der Waals surface area contributed by atoms with E-state index in [2.05, 4.69) is 4.98 Å². The first-order chi connectivity index (χ1) is 6.66. The van der Waals surface area contributed by atoms with E-state index in [0.717, 1.165) is 17.7 Å². The maximum absolute atomic E-state index is 12.4. The van der Waals surface area contributed by atoms with Crippen LogP contribution >= 0.6 is 0 Å². The fourth-order valence-corrected chi connectivity index (χ4v) is 1.58. The molecule has 4 nitrogen and oxygen atoms in total. The second kappa shape index (κ2) is 3.62. The monoisotopic (exact) mass is 202 g/mol. The number of hydrogen-bond donors (Lipinski definition) is 1. The molecule has 1 aliphatic heterocycles. The molecule has 0 saturated carbocycles. The maximum atomic E-state index is 12.4. The van der Waals surface area contributed by atoms with Gasteiger partial charge in [-0.1, -0.05) is 0 Å². The Morgan fingerprint density at radius 3 is 2.86 bits per heavy atom. The Bertz CT molecular complexity index is 306. The average molecular weight is 202 g/mol. The van der Waals surface area contributed by atoms with Crippen LogP contribution in [0.4, 0.5) is 8.78 Å². The van der Waals surface area contributed by atoms with Gasteiger partial charge in [-0.25, -0.2) is 4.98 Å². The van der Waals surface area contributed by atoms with Crippen molar-refractivity contribution in [1.82, 2.24) is 14.5 Å². The van der Waals surface area contributed by atoms with E-state index < -0.39 is 6.55 Å². The van der Waals surface area contributed by atoms with Crippen LogP contribution in [0, 0.1) is 0 Å². The van der Waals surface area contributed by atoms with Gasteiger partial charge in [-0.2, -0.15) is 8.78 Å². The zero-order valence-corrected chi connectivity index (χ0v) is 7.61. The molecule has 0 atom stereocenters. The summed E-state index contributed by atoms with van der Waals surface area (Å²) >= 11 is 0. The third-order valence-electron chi connectivity index (χ3n) is 2.31. The Labute approximate surface area is 80.3 Å². The van der Waals surface area contributed by atoms with E-state index in [1.807, 2.05) is 4.90 Å². The van der Waals surface area contributed by atoms with Crippen molar-refractivity contribution in [2.45, 2.75) is 19.1 Å². The highest BCUT2D eigenvalue weighted by Crippen LogP contribution is 2.16. The van der Waals surface area contributed by atoms with Crippen LogP contribution in [0.25, 0.3) is 0 Å². The highest BCUT2D eigenvalue weighted by Gasteiger charge is 2.24. The molecule has 0 aromatic carbocycles. The highest BCUT2D eigenvalue weighted by atomic mass is 19.3. The second-order valence-corrected chi connectivity index (χ2v) is 3.48. The summed E-state index contributed by atoms with van der Waals surface area (Å²) in [6, 6.07) is 0.185. The van der Waals surface area contributed by atoms with Gasteiger partial charge in [0.05, 0.1) is 6.54 Å². The highest BCUT2D eigenvalue weighted by molar-refractivity contribution is 4.95. The molecule has 0 bridgehead atoms. The molecule has 1 fully saturated rings. The van der Waals surface area contributed by atoms with E-state index in [4.69, 9.17) is 5.73 Å². The predicted octanol–water partition coefficient (Wildman–Crippen LogP) is 0.421. The van der Waals surface area contributed by atoms with Crippen molar-refractivity contribution in [2.24, 2.45) is 5.73 Å². The third-order valence-corrected chi connectivity index (χ3v) is 2.31. The van der Waals surface area contributed by atoms with E-state index in [9.17, 15) is 8.78 Å². The molecule has 0 spiro atoms. The van der Waals surface area contributed by atoms with E-state index >= 15 is 0 Å². The van der Waals surface area contributed by atoms with Crippen molar-refractivity contribution in [3.63, 3.8) is 0 Å². The number of imidazole rings is 1. The SMILES string of the molecule is NC1CN(Cc2nccn2C(F)F)C1. The molecule has 0 unspecified atom stereocenters. The third kappa shape index (κ3) is 1.76. The molecule has 2 rings (SSSR count). The van der Waals surface area contributed by atoms with Crippen LogP contribution in [0.15, 0.2) is 12.4 Å². The standard InChI is InChI=1S/C8H12F2N4/c9-8(10)14-2-1-12-7(14)5-13-3-6(11)4-13/h1-2,6,8H,3-5,11H2. The average Bonchev–Trinajstić information content (AvgIpc) is 2.49. The Balaban J connectivity index is 1.98. The Kier molecular flexibility index (Phi) is 2.47. The number of aromatic nitrogens is 2. The minimum absolute atomic E-state index is 0.185. The molecule has 0 amide bonds. The van der Waals surface area contributed by atoms with Crippen molar-refractivity contribution in [1.29, 1.82) is 0 Å². The van der Waals surface area contributed by atoms with Crippen LogP contribution in [-0.4, -0.2) is 33.6 Å². The summed E-state index contributed by atoms with van der Waals surface area (Å²) in [6.07, 6.45) is 2.68. The van der Waals surface area contributed by atoms with Gasteiger partial charge in [0.1, 0.15) is 5.82 Å². The van der Waals surface area contributed by atoms with Crippen molar-refractivity contribution in [3.8, 4) is 0 Å². The van der Waals surface area contributed by atoms with Gasteiger partial charge in [0.2, 0.25) is 0 Å². The lowest BCUT2D eigenvalue weighted by Gasteiger charge is -2.36. The van der Waals surface area contributed by atoms with Gasteiger partial charge in [-0.15, -0.1) is 0 Å². The van der Waals surface area contributed by atoms with Crippen molar-refractivity contribution < 1.29 is 8.78 Å². The van der Waals surface area contributed by atoms with Crippen LogP contribution in [0.5, 0.6) is 0 Å². The number of rotatable bonds is 3. The number of likely N-dealkylation sites (tertiary alicyclic amines) is 1. The van der Waals surface area contributed by atoms with Crippen LogP contribution < -0.4 is 5.73 Å². The van der Waals surface area contributed by atoms with Crippen molar-refractivity contribution >= 4 is 0 Å². The van der Waals surface area contributed by atoms with Crippen molar-refractivity contribution in [3.05, 3.63) is 18.2 Å². The number of halogens is 2. The second-order valence-electron chi connectivity index (χ2n) is 3.48. The summed E-state index contributed by atoms with van der Waals surface area (Å²) in [7, 11) is 0. The van der Waals surface area contributed by atoms with Crippen LogP contribution in [0.2, 0.25) is 0 Å². The minimum Gasteiger partial charge on any atom is -0.325 e. The fraction of sp³-hybridized carbons (Fsp3) is 0.625. The van der Waals surface area contributed by atoms with Crippen LogP contribution in [-0.2, 0) is 6.54 Å². The minimum atomic E-state index is -2.51. The molecule has 1 aromatic rings. The quantitative estimate of drug-likeness (QED) is 0.772. The van der Waals surface area contributed by atoms with Gasteiger partial charge in [0, 0.05) is 31.5 Å². The van der Waals surface area contributed by atoms with E-state index in [0.29, 0.717) is 12.4 Å². The lowest BCUT2D eigenvalue weighted by Crippen LogP contribution is -2.55. The largest absolute Gasteiger partial charge is 0.325 e. The zero-order valence-electron chi connectivity index (χ0n) is 7.61. The van der Waals surface area contributed by atoms with Gasteiger partial charge in [0.25, 0.3) is 0 Å². The molecule has 1 aliphatic rings. The van der Waals surface area contributed by atoms with E-state index in [-0.39, 0.29) is 6.04 Å². The zero-order chi connectivity index (χ0) is 10.1. The Hall–Kier alpha value is -1.01. The lowest BCUT2D eigenvalue weighted by atomic mass is 10.1. The Morgan fingerprint density at radius 1 is 1.57 bits per heavy atom. The molecule has 6 heteroatoms. The van der Waals surface area contributed by atoms with Gasteiger partial charge in [-0.3, -0.25) is 9.47 Å². The van der Waals surface area contributed by atoms with Gasteiger partial charge in [-0.05, 0) is 0 Å². The first-order valence-corrected chi connectivity index (χ1v) is 4.44. The summed E-state index contributed by atoms with van der Waals surface area (Å²) in [6.45, 7) is -0.542. The Morgan fingerprint density at radius 2 is 2.29 bits per heavy atom. The van der Waals surface area contributed by atoms with Crippen LogP contribution in [0.3, 0.4) is 0 Å². The first kappa shape index (κ1) is 9.54. The summed E-state index contributed by atoms with van der Waals surface area (Å²) in [4.78, 5) is 5.88. The number of nitrogens with zero attached hydrogens (tertiary/aromatic N) is 3. The number of alkyl halides is 2. The summed E-state index contributed by atoms with van der Waals surface area (Å²) in [5, 5.41) is 0. The van der Waals surface area contributed by atoms with E-state index in [1.54, 1.807) is 0 Å². The fourth-order valence-electron chi connectivity index (χ4n) is 1.58. The molecule has 1 aromatic heterocycles. The van der Waals surface area contributed by atoms with Crippen molar-refractivity contribution in [2.75, 3.05) is 13.1 Å². The first-order valence-electron chi connectivity index (χ1n) is 4.44. The van der Waals surface area contributed by atoms with Gasteiger partial charge < -0.3 is 5.73 Å². The normalized spacial score (nSPS) is 18.9. The maximum Gasteiger partial charge on any atom is 0.319 e. The molecule has 14 heavy (non-hydrogen) atoms. The summed E-state index contributed by atoms with van der Waals surface area (Å²) in [5.41, 5.74) is 5.58. The lowest BCUT2D eigenvalue weighted by molar-refractivity contribution is 0.0594. The predicted molar refractivity (Wildman–Crippen MR) is 46.7 cm³/mol. The number of nitrogens with two attached hydrogens (primary N) is 1. The topological polar surface area (TPSA) is 47.1 Å². The van der Waals surface area contributed by atoms with Crippen LogP contribution in [0.1, 0.15) is 12.4 Å². The summed E-state index contributed by atoms with van der Waals surface area (Å²) in [5.74, 6) is 0.395. The molecular formula is C8H12F2N4. The molecule has 2 N–H and O–H groups in total. The summed E-state index contributed by atoms with van der Waals surface area (Å²) < 4.78 is 25.7. The molecule has 78 valence electrons. The smallest absolute Gasteiger partial charge is 0.319 e. The van der Waals surface area contributed by atoms with Gasteiger partial charge >= 0.3 is 6.55 Å². The molecule has 2 heterocycles. The molecular weight excluding hydrogens is 190 g/mol. The van der Waals surface area contributed by atoms with E-state index in [1.165, 1.54) is 12.4 Å². The number of hydrogen-bond acceptors (Lipinski definition) is 3. The molecule has 1 saturated heterocycles. The molecule has 0 aliphatic carbocycles. The molecule has 0 radical (unpaired) electrons.